The second-order valence-corrected chi connectivity index (χ2v) is 8.04. The van der Waals surface area contributed by atoms with Crippen molar-refractivity contribution in [1.82, 2.24) is 5.32 Å². The maximum atomic E-state index is 13.0. The molecule has 28 heavy (non-hydrogen) atoms. The Morgan fingerprint density at radius 3 is 2.46 bits per heavy atom. The van der Waals surface area contributed by atoms with Crippen molar-refractivity contribution in [1.29, 1.82) is 0 Å². The Kier molecular flexibility index (Phi) is 5.23. The number of amides is 2. The maximum Gasteiger partial charge on any atom is 0.232 e. The highest BCUT2D eigenvalue weighted by Crippen LogP contribution is 2.42. The number of anilines is 1. The second kappa shape index (κ2) is 7.80. The molecular formula is C23H23ClN2O2. The van der Waals surface area contributed by atoms with Gasteiger partial charge in [0.05, 0.1) is 12.0 Å². The Bertz CT molecular complexity index is 905. The van der Waals surface area contributed by atoms with Crippen molar-refractivity contribution < 1.29 is 9.59 Å². The average Bonchev–Trinajstić information content (AvgIpc) is 2.69. The van der Waals surface area contributed by atoms with E-state index in [9.17, 15) is 9.59 Å². The number of hydrogen-bond acceptors (Lipinski definition) is 3. The molecular weight excluding hydrogens is 372 g/mol. The van der Waals surface area contributed by atoms with Crippen LogP contribution in [0.1, 0.15) is 30.0 Å². The van der Waals surface area contributed by atoms with Crippen LogP contribution in [0.3, 0.4) is 0 Å². The summed E-state index contributed by atoms with van der Waals surface area (Å²) in [6, 6.07) is 15.4. The predicted molar refractivity (Wildman–Crippen MR) is 111 cm³/mol. The number of aryl methyl sites for hydroxylation is 1. The third-order valence-corrected chi connectivity index (χ3v) is 5.98. The Labute approximate surface area is 170 Å². The summed E-state index contributed by atoms with van der Waals surface area (Å²) < 4.78 is 0. The molecule has 0 spiro atoms. The molecule has 144 valence electrons. The minimum atomic E-state index is -0.377. The molecule has 2 aromatic carbocycles. The van der Waals surface area contributed by atoms with Crippen LogP contribution in [-0.2, 0) is 9.59 Å². The largest absolute Gasteiger partial charge is 0.377 e. The number of benzene rings is 2. The fourth-order valence-electron chi connectivity index (χ4n) is 4.26. The van der Waals surface area contributed by atoms with Gasteiger partial charge >= 0.3 is 0 Å². The number of piperidine rings is 1. The first kappa shape index (κ1) is 18.8. The Morgan fingerprint density at radius 2 is 1.75 bits per heavy atom. The van der Waals surface area contributed by atoms with Crippen LogP contribution < -0.4 is 10.6 Å². The van der Waals surface area contributed by atoms with Gasteiger partial charge in [-0.05, 0) is 49.6 Å². The SMILES string of the molecule is Cc1ccc([C@@H](Nc2ccc(Cl)cc2)[C@@H]2C(=O)NC(=O)[C@@H]3CCC=C[C@H]23)cc1. The van der Waals surface area contributed by atoms with Gasteiger partial charge in [0.15, 0.2) is 0 Å². The highest BCUT2D eigenvalue weighted by molar-refractivity contribution is 6.30. The summed E-state index contributed by atoms with van der Waals surface area (Å²) in [5.41, 5.74) is 3.07. The normalized spacial score (nSPS) is 25.0. The fraction of sp³-hybridized carbons (Fsp3) is 0.304. The van der Waals surface area contributed by atoms with Gasteiger partial charge in [-0.3, -0.25) is 14.9 Å². The maximum absolute atomic E-state index is 13.0. The van der Waals surface area contributed by atoms with E-state index in [1.165, 1.54) is 0 Å². The first-order valence-corrected chi connectivity index (χ1v) is 10.0. The molecule has 0 aromatic heterocycles. The van der Waals surface area contributed by atoms with Gasteiger partial charge in [-0.2, -0.15) is 0 Å². The number of carbonyl (C=O) groups is 2. The number of nitrogens with one attached hydrogen (secondary N) is 2. The lowest BCUT2D eigenvalue weighted by Crippen LogP contribution is -2.54. The third-order valence-electron chi connectivity index (χ3n) is 5.73. The quantitative estimate of drug-likeness (QED) is 0.585. The lowest BCUT2D eigenvalue weighted by molar-refractivity contribution is -0.143. The molecule has 0 radical (unpaired) electrons. The van der Waals surface area contributed by atoms with Gasteiger partial charge in [0.1, 0.15) is 0 Å². The molecule has 5 heteroatoms. The lowest BCUT2D eigenvalue weighted by Gasteiger charge is -2.41. The molecule has 4 rings (SSSR count). The van der Waals surface area contributed by atoms with Gasteiger partial charge in [0.25, 0.3) is 0 Å². The smallest absolute Gasteiger partial charge is 0.232 e. The molecule has 2 N–H and O–H groups in total. The molecule has 1 aliphatic heterocycles. The highest BCUT2D eigenvalue weighted by atomic mass is 35.5. The van der Waals surface area contributed by atoms with E-state index in [0.29, 0.717) is 5.02 Å². The second-order valence-electron chi connectivity index (χ2n) is 7.61. The summed E-state index contributed by atoms with van der Waals surface area (Å²) >= 11 is 6.02. The Hall–Kier alpha value is -2.59. The van der Waals surface area contributed by atoms with Crippen LogP contribution in [0.4, 0.5) is 5.69 Å². The summed E-state index contributed by atoms with van der Waals surface area (Å²) in [6.07, 6.45) is 5.79. The molecule has 1 heterocycles. The Balaban J connectivity index is 1.74. The summed E-state index contributed by atoms with van der Waals surface area (Å²) in [4.78, 5) is 25.3. The molecule has 1 saturated heterocycles. The van der Waals surface area contributed by atoms with Crippen LogP contribution in [0, 0.1) is 24.7 Å². The molecule has 4 atom stereocenters. The van der Waals surface area contributed by atoms with E-state index in [0.717, 1.165) is 29.7 Å². The van der Waals surface area contributed by atoms with Crippen molar-refractivity contribution >= 4 is 29.1 Å². The number of allylic oxidation sites excluding steroid dienone is 2. The van der Waals surface area contributed by atoms with Crippen molar-refractivity contribution in [2.24, 2.45) is 17.8 Å². The van der Waals surface area contributed by atoms with Crippen LogP contribution >= 0.6 is 11.6 Å². The van der Waals surface area contributed by atoms with E-state index in [1.54, 1.807) is 0 Å². The standard InChI is InChI=1S/C23H23ClN2O2/c1-14-6-8-15(9-7-14)21(25-17-12-10-16(24)11-13-17)20-18-4-2-3-5-19(18)22(27)26-23(20)28/h2,4,6-13,18-21,25H,3,5H2,1H3,(H,26,27,28)/t18-,19+,20+,21+/m0/s1. The van der Waals surface area contributed by atoms with Crippen LogP contribution in [0.5, 0.6) is 0 Å². The molecule has 1 aliphatic carbocycles. The summed E-state index contributed by atoms with van der Waals surface area (Å²) in [6.45, 7) is 2.04. The predicted octanol–water partition coefficient (Wildman–Crippen LogP) is 4.66. The van der Waals surface area contributed by atoms with Crippen LogP contribution in [0.25, 0.3) is 0 Å². The average molecular weight is 395 g/mol. The van der Waals surface area contributed by atoms with E-state index in [2.05, 4.69) is 22.8 Å². The van der Waals surface area contributed by atoms with Gasteiger partial charge in [-0.15, -0.1) is 0 Å². The number of fused-ring (bicyclic) bond motifs is 1. The highest BCUT2D eigenvalue weighted by Gasteiger charge is 2.46. The van der Waals surface area contributed by atoms with E-state index >= 15 is 0 Å². The third kappa shape index (κ3) is 3.69. The molecule has 2 amide bonds. The van der Waals surface area contributed by atoms with Crippen LogP contribution in [0.2, 0.25) is 5.02 Å². The molecule has 0 saturated carbocycles. The number of rotatable bonds is 4. The van der Waals surface area contributed by atoms with Crippen molar-refractivity contribution in [3.05, 3.63) is 76.8 Å². The van der Waals surface area contributed by atoms with Crippen molar-refractivity contribution in [3.63, 3.8) is 0 Å². The van der Waals surface area contributed by atoms with E-state index < -0.39 is 0 Å². The van der Waals surface area contributed by atoms with Gasteiger partial charge in [0, 0.05) is 22.5 Å². The minimum Gasteiger partial charge on any atom is -0.377 e. The molecule has 1 fully saturated rings. The zero-order valence-electron chi connectivity index (χ0n) is 15.7. The molecule has 0 bridgehead atoms. The molecule has 2 aromatic rings. The number of halogens is 1. The van der Waals surface area contributed by atoms with Gasteiger partial charge in [0.2, 0.25) is 11.8 Å². The zero-order chi connectivity index (χ0) is 19.7. The first-order valence-electron chi connectivity index (χ1n) is 9.63. The summed E-state index contributed by atoms with van der Waals surface area (Å²) in [5, 5.41) is 6.80. The van der Waals surface area contributed by atoms with Crippen LogP contribution in [0.15, 0.2) is 60.7 Å². The molecule has 2 aliphatic rings. The number of hydrogen-bond donors (Lipinski definition) is 2. The Morgan fingerprint density at radius 1 is 1.04 bits per heavy atom. The van der Waals surface area contributed by atoms with Gasteiger partial charge < -0.3 is 5.32 Å². The van der Waals surface area contributed by atoms with Gasteiger partial charge in [-0.1, -0.05) is 53.6 Å². The number of carbonyl (C=O) groups excluding carboxylic acids is 2. The van der Waals surface area contributed by atoms with E-state index in [4.69, 9.17) is 11.6 Å². The van der Waals surface area contributed by atoms with Crippen molar-refractivity contribution in [2.45, 2.75) is 25.8 Å². The van der Waals surface area contributed by atoms with E-state index in [1.807, 2.05) is 55.5 Å². The van der Waals surface area contributed by atoms with Gasteiger partial charge in [-0.25, -0.2) is 0 Å². The first-order chi connectivity index (χ1) is 13.5. The summed E-state index contributed by atoms with van der Waals surface area (Å²) in [7, 11) is 0. The van der Waals surface area contributed by atoms with E-state index in [-0.39, 0.29) is 35.6 Å². The molecule has 4 nitrogen and oxygen atoms in total. The monoisotopic (exact) mass is 394 g/mol. The zero-order valence-corrected chi connectivity index (χ0v) is 16.4. The summed E-state index contributed by atoms with van der Waals surface area (Å²) in [5.74, 6) is -1.01. The van der Waals surface area contributed by atoms with Crippen molar-refractivity contribution in [2.75, 3.05) is 5.32 Å². The fourth-order valence-corrected chi connectivity index (χ4v) is 4.38. The number of imide groups is 1. The lowest BCUT2D eigenvalue weighted by atomic mass is 9.69. The van der Waals surface area contributed by atoms with Crippen molar-refractivity contribution in [3.8, 4) is 0 Å². The minimum absolute atomic E-state index is 0.110. The molecule has 0 unspecified atom stereocenters. The topological polar surface area (TPSA) is 58.2 Å². The van der Waals surface area contributed by atoms with Crippen LogP contribution in [-0.4, -0.2) is 11.8 Å².